The lowest BCUT2D eigenvalue weighted by Crippen LogP contribution is -2.26. The van der Waals surface area contributed by atoms with Crippen LogP contribution in [0.4, 0.5) is 5.82 Å². The van der Waals surface area contributed by atoms with Gasteiger partial charge in [0.2, 0.25) is 0 Å². The molecule has 1 saturated heterocycles. The van der Waals surface area contributed by atoms with E-state index in [0.717, 1.165) is 12.8 Å². The minimum absolute atomic E-state index is 0.174. The first-order valence-corrected chi connectivity index (χ1v) is 7.49. The fourth-order valence-electron chi connectivity index (χ4n) is 3.12. The fraction of sp³-hybridized carbons (Fsp3) is 0.600. The third-order valence-corrected chi connectivity index (χ3v) is 4.48. The van der Waals surface area contributed by atoms with E-state index in [0.29, 0.717) is 24.8 Å². The highest BCUT2D eigenvalue weighted by molar-refractivity contribution is 5.92. The van der Waals surface area contributed by atoms with Gasteiger partial charge in [-0.25, -0.2) is 4.98 Å². The summed E-state index contributed by atoms with van der Waals surface area (Å²) in [4.78, 5) is 35.3. The summed E-state index contributed by atoms with van der Waals surface area (Å²) in [5, 5.41) is 9.42. The minimum atomic E-state index is -0.743. The van der Waals surface area contributed by atoms with Gasteiger partial charge in [-0.1, -0.05) is 0 Å². The van der Waals surface area contributed by atoms with Gasteiger partial charge in [0.05, 0.1) is 18.3 Å². The molecule has 118 valence electrons. The highest BCUT2D eigenvalue weighted by atomic mass is 16.4. The van der Waals surface area contributed by atoms with Crippen LogP contribution in [0.15, 0.2) is 12.4 Å². The summed E-state index contributed by atoms with van der Waals surface area (Å²) < 4.78 is 0. The Balaban J connectivity index is 1.81. The average Bonchev–Trinajstić information content (AvgIpc) is 3.24. The van der Waals surface area contributed by atoms with E-state index in [1.54, 1.807) is 20.3 Å². The Morgan fingerprint density at radius 3 is 2.59 bits per heavy atom. The van der Waals surface area contributed by atoms with E-state index in [2.05, 4.69) is 9.97 Å². The van der Waals surface area contributed by atoms with Crippen LogP contribution in [0.25, 0.3) is 0 Å². The standard InChI is InChI=1S/C15H20N4O3/c1-18(2)14(20)12-5-16-6-13(17-12)19-7-10(9-3-4-9)11(8-19)15(21)22/h5-6,9-11H,3-4,7-8H2,1-2H3,(H,21,22)/t10-,11+/m0/s1. The molecule has 2 heterocycles. The number of carbonyl (C=O) groups is 2. The van der Waals surface area contributed by atoms with Crippen molar-refractivity contribution in [2.75, 3.05) is 32.1 Å². The second kappa shape index (κ2) is 5.55. The van der Waals surface area contributed by atoms with Crippen LogP contribution in [0.5, 0.6) is 0 Å². The second-order valence-corrected chi connectivity index (χ2v) is 6.31. The first-order chi connectivity index (χ1) is 10.5. The van der Waals surface area contributed by atoms with Crippen molar-refractivity contribution in [3.8, 4) is 0 Å². The third-order valence-electron chi connectivity index (χ3n) is 4.48. The van der Waals surface area contributed by atoms with Crippen molar-refractivity contribution in [2.24, 2.45) is 17.8 Å². The third kappa shape index (κ3) is 2.75. The van der Waals surface area contributed by atoms with Gasteiger partial charge in [-0.15, -0.1) is 0 Å². The lowest BCUT2D eigenvalue weighted by atomic mass is 9.92. The van der Waals surface area contributed by atoms with Gasteiger partial charge in [0, 0.05) is 27.2 Å². The molecule has 2 fully saturated rings. The van der Waals surface area contributed by atoms with Crippen molar-refractivity contribution in [3.63, 3.8) is 0 Å². The van der Waals surface area contributed by atoms with Crippen LogP contribution < -0.4 is 4.90 Å². The highest BCUT2D eigenvalue weighted by Crippen LogP contribution is 2.44. The summed E-state index contributed by atoms with van der Waals surface area (Å²) in [5.74, 6) is -0.0299. The monoisotopic (exact) mass is 304 g/mol. The number of carboxylic acid groups (broad SMARTS) is 1. The number of aliphatic carboxylic acids is 1. The number of rotatable bonds is 4. The van der Waals surface area contributed by atoms with E-state index < -0.39 is 5.97 Å². The number of hydrogen-bond donors (Lipinski definition) is 1. The summed E-state index contributed by atoms with van der Waals surface area (Å²) in [6, 6.07) is 0. The summed E-state index contributed by atoms with van der Waals surface area (Å²) >= 11 is 0. The van der Waals surface area contributed by atoms with Crippen molar-refractivity contribution >= 4 is 17.7 Å². The highest BCUT2D eigenvalue weighted by Gasteiger charge is 2.46. The van der Waals surface area contributed by atoms with E-state index in [4.69, 9.17) is 0 Å². The summed E-state index contributed by atoms with van der Waals surface area (Å²) in [7, 11) is 3.33. The SMILES string of the molecule is CN(C)C(=O)c1cncc(N2C[C@@H](C(=O)O)[C@H](C3CC3)C2)n1. The molecule has 0 spiro atoms. The lowest BCUT2D eigenvalue weighted by Gasteiger charge is -2.18. The molecule has 1 aromatic rings. The van der Waals surface area contributed by atoms with E-state index in [9.17, 15) is 14.7 Å². The molecule has 2 atom stereocenters. The quantitative estimate of drug-likeness (QED) is 0.882. The predicted octanol–water partition coefficient (Wildman–Crippen LogP) is 0.725. The van der Waals surface area contributed by atoms with Gasteiger partial charge < -0.3 is 14.9 Å². The molecule has 2 aliphatic rings. The van der Waals surface area contributed by atoms with Gasteiger partial charge in [0.25, 0.3) is 5.91 Å². The summed E-state index contributed by atoms with van der Waals surface area (Å²) in [5.41, 5.74) is 0.282. The molecular weight excluding hydrogens is 284 g/mol. The molecule has 0 aromatic carbocycles. The topological polar surface area (TPSA) is 86.6 Å². The van der Waals surface area contributed by atoms with Crippen molar-refractivity contribution in [2.45, 2.75) is 12.8 Å². The van der Waals surface area contributed by atoms with E-state index in [-0.39, 0.29) is 23.4 Å². The van der Waals surface area contributed by atoms with Crippen LogP contribution in [0.3, 0.4) is 0 Å². The number of anilines is 1. The molecule has 1 aliphatic carbocycles. The first kappa shape index (κ1) is 14.7. The molecule has 1 saturated carbocycles. The number of carbonyl (C=O) groups excluding carboxylic acids is 1. The van der Waals surface area contributed by atoms with Crippen LogP contribution in [0, 0.1) is 17.8 Å². The zero-order valence-corrected chi connectivity index (χ0v) is 12.8. The molecule has 0 unspecified atom stereocenters. The Kier molecular flexibility index (Phi) is 3.72. The minimum Gasteiger partial charge on any atom is -0.481 e. The number of amides is 1. The van der Waals surface area contributed by atoms with Crippen LogP contribution in [0.2, 0.25) is 0 Å². The molecule has 0 bridgehead atoms. The van der Waals surface area contributed by atoms with Crippen LogP contribution in [-0.2, 0) is 4.79 Å². The lowest BCUT2D eigenvalue weighted by molar-refractivity contribution is -0.142. The Bertz CT molecular complexity index is 600. The van der Waals surface area contributed by atoms with Gasteiger partial charge in [-0.2, -0.15) is 0 Å². The molecule has 22 heavy (non-hydrogen) atoms. The Hall–Kier alpha value is -2.18. The summed E-state index contributed by atoms with van der Waals surface area (Å²) in [6.07, 6.45) is 5.27. The molecule has 0 radical (unpaired) electrons. The largest absolute Gasteiger partial charge is 0.481 e. The van der Waals surface area contributed by atoms with Crippen LogP contribution in [-0.4, -0.2) is 59.0 Å². The van der Waals surface area contributed by atoms with E-state index >= 15 is 0 Å². The molecule has 1 amide bonds. The Labute approximate surface area is 129 Å². The van der Waals surface area contributed by atoms with Crippen molar-refractivity contribution in [3.05, 3.63) is 18.1 Å². The van der Waals surface area contributed by atoms with Gasteiger partial charge in [0.15, 0.2) is 0 Å². The molecule has 7 heteroatoms. The molecule has 3 rings (SSSR count). The van der Waals surface area contributed by atoms with Gasteiger partial charge in [-0.3, -0.25) is 14.6 Å². The second-order valence-electron chi connectivity index (χ2n) is 6.31. The van der Waals surface area contributed by atoms with E-state index in [1.165, 1.54) is 11.1 Å². The number of nitrogens with zero attached hydrogens (tertiary/aromatic N) is 4. The van der Waals surface area contributed by atoms with Crippen molar-refractivity contribution < 1.29 is 14.7 Å². The maximum absolute atomic E-state index is 12.0. The van der Waals surface area contributed by atoms with Crippen LogP contribution in [0.1, 0.15) is 23.3 Å². The van der Waals surface area contributed by atoms with Gasteiger partial charge >= 0.3 is 5.97 Å². The fourth-order valence-corrected chi connectivity index (χ4v) is 3.12. The van der Waals surface area contributed by atoms with Crippen molar-refractivity contribution in [1.29, 1.82) is 0 Å². The number of aromatic nitrogens is 2. The molecule has 7 nitrogen and oxygen atoms in total. The predicted molar refractivity (Wildman–Crippen MR) is 79.6 cm³/mol. The smallest absolute Gasteiger partial charge is 0.308 e. The number of carboxylic acids is 1. The van der Waals surface area contributed by atoms with Crippen molar-refractivity contribution in [1.82, 2.24) is 14.9 Å². The zero-order chi connectivity index (χ0) is 15.9. The molecular formula is C15H20N4O3. The van der Waals surface area contributed by atoms with Gasteiger partial charge in [-0.05, 0) is 24.7 Å². The number of hydrogen-bond acceptors (Lipinski definition) is 5. The summed E-state index contributed by atoms with van der Waals surface area (Å²) in [6.45, 7) is 1.11. The maximum Gasteiger partial charge on any atom is 0.308 e. The van der Waals surface area contributed by atoms with Gasteiger partial charge in [0.1, 0.15) is 11.5 Å². The maximum atomic E-state index is 12.0. The Morgan fingerprint density at radius 1 is 1.27 bits per heavy atom. The average molecular weight is 304 g/mol. The molecule has 1 N–H and O–H groups in total. The van der Waals surface area contributed by atoms with Crippen LogP contribution >= 0.6 is 0 Å². The Morgan fingerprint density at radius 2 is 2.00 bits per heavy atom. The normalized spacial score (nSPS) is 24.4. The zero-order valence-electron chi connectivity index (χ0n) is 12.8. The molecule has 1 aromatic heterocycles. The molecule has 1 aliphatic heterocycles. The van der Waals surface area contributed by atoms with E-state index in [1.807, 2.05) is 4.90 Å². The first-order valence-electron chi connectivity index (χ1n) is 7.49.